The molecule has 11 nitrogen and oxygen atoms in total. The van der Waals surface area contributed by atoms with Gasteiger partial charge < -0.3 is 23.5 Å². The lowest BCUT2D eigenvalue weighted by molar-refractivity contribution is -0.384. The minimum Gasteiger partial charge on any atom is -0.456 e. The Morgan fingerprint density at radius 3 is 2.27 bits per heavy atom. The highest BCUT2D eigenvalue weighted by Crippen LogP contribution is 2.34. The van der Waals surface area contributed by atoms with Gasteiger partial charge in [-0.1, -0.05) is 0 Å². The van der Waals surface area contributed by atoms with E-state index in [0.29, 0.717) is 10.9 Å². The van der Waals surface area contributed by atoms with Crippen LogP contribution in [0, 0.1) is 10.1 Å². The van der Waals surface area contributed by atoms with Crippen molar-refractivity contribution in [2.45, 2.75) is 45.3 Å². The molecule has 30 heavy (non-hydrogen) atoms. The minimum absolute atomic E-state index is 0.0749. The first-order chi connectivity index (χ1) is 14.2. The summed E-state index contributed by atoms with van der Waals surface area (Å²) in [6.07, 6.45) is -2.52. The second-order valence-corrected chi connectivity index (χ2v) is 6.74. The molecule has 0 amide bonds. The Morgan fingerprint density at radius 1 is 1.03 bits per heavy atom. The number of carbonyl (C=O) groups excluding carboxylic acids is 3. The molecule has 11 heteroatoms. The Kier molecular flexibility index (Phi) is 6.01. The van der Waals surface area contributed by atoms with Crippen LogP contribution in [0.1, 0.15) is 27.0 Å². The summed E-state index contributed by atoms with van der Waals surface area (Å²) in [6.45, 7) is 3.45. The Bertz CT molecular complexity index is 999. The number of aromatic nitrogens is 1. The van der Waals surface area contributed by atoms with Gasteiger partial charge in [-0.15, -0.1) is 0 Å². The van der Waals surface area contributed by atoms with Crippen molar-refractivity contribution in [2.24, 2.45) is 0 Å². The number of hydrogen-bond acceptors (Lipinski definition) is 9. The molecule has 3 rings (SSSR count). The van der Waals surface area contributed by atoms with Crippen LogP contribution in [-0.4, -0.2) is 52.3 Å². The normalized spacial score (nSPS) is 23.6. The number of nitro groups is 1. The molecule has 4 atom stereocenters. The zero-order chi connectivity index (χ0) is 22.0. The van der Waals surface area contributed by atoms with Crippen molar-refractivity contribution >= 4 is 34.5 Å². The maximum Gasteiger partial charge on any atom is 0.303 e. The highest BCUT2D eigenvalue weighted by molar-refractivity contribution is 5.82. The molecule has 0 bridgehead atoms. The molecule has 1 aromatic heterocycles. The first kappa shape index (κ1) is 21.2. The van der Waals surface area contributed by atoms with E-state index in [4.69, 9.17) is 18.9 Å². The lowest BCUT2D eigenvalue weighted by Crippen LogP contribution is -2.55. The summed E-state index contributed by atoms with van der Waals surface area (Å²) in [5, 5.41) is 11.6. The molecule has 0 unspecified atom stereocenters. The quantitative estimate of drug-likeness (QED) is 0.307. The van der Waals surface area contributed by atoms with Gasteiger partial charge in [0.1, 0.15) is 0 Å². The standard InChI is InChI=1S/C19H20N2O9/c1-10(22)28-16-9-27-19(18(30-12(3)24)17(16)29-11(2)23)20-7-6-13-8-14(21(25)26)4-5-15(13)20/h4-8,16-19H,9H2,1-3H3/t16-,17-,18+,19+/m0/s1. The summed E-state index contributed by atoms with van der Waals surface area (Å²) in [5.41, 5.74) is 0.504. The molecule has 0 N–H and O–H groups in total. The van der Waals surface area contributed by atoms with Crippen molar-refractivity contribution in [3.05, 3.63) is 40.6 Å². The van der Waals surface area contributed by atoms with Crippen molar-refractivity contribution in [2.75, 3.05) is 6.61 Å². The second kappa shape index (κ2) is 8.49. The van der Waals surface area contributed by atoms with Crippen LogP contribution < -0.4 is 0 Å². The smallest absolute Gasteiger partial charge is 0.303 e. The predicted octanol–water partition coefficient (Wildman–Crippen LogP) is 1.87. The van der Waals surface area contributed by atoms with Crippen LogP contribution in [0.4, 0.5) is 5.69 Å². The van der Waals surface area contributed by atoms with E-state index in [2.05, 4.69) is 0 Å². The Balaban J connectivity index is 2.03. The van der Waals surface area contributed by atoms with Crippen molar-refractivity contribution in [3.63, 3.8) is 0 Å². The number of ether oxygens (including phenoxy) is 4. The number of benzene rings is 1. The Hall–Kier alpha value is -3.47. The van der Waals surface area contributed by atoms with Gasteiger partial charge in [0.05, 0.1) is 17.0 Å². The number of nitrogens with zero attached hydrogens (tertiary/aromatic N) is 2. The largest absolute Gasteiger partial charge is 0.456 e. The summed E-state index contributed by atoms with van der Waals surface area (Å²) in [5.74, 6) is -1.91. The van der Waals surface area contributed by atoms with E-state index in [1.54, 1.807) is 22.9 Å². The number of nitro benzene ring substituents is 1. The lowest BCUT2D eigenvalue weighted by atomic mass is 10.0. The minimum atomic E-state index is -1.13. The van der Waals surface area contributed by atoms with Crippen molar-refractivity contribution in [1.82, 2.24) is 4.57 Å². The molecule has 1 saturated heterocycles. The van der Waals surface area contributed by atoms with Gasteiger partial charge in [-0.3, -0.25) is 24.5 Å². The number of fused-ring (bicyclic) bond motifs is 1. The van der Waals surface area contributed by atoms with E-state index < -0.39 is 47.4 Å². The molecule has 2 aromatic rings. The van der Waals surface area contributed by atoms with E-state index in [-0.39, 0.29) is 12.3 Å². The number of hydrogen-bond donors (Lipinski definition) is 0. The van der Waals surface area contributed by atoms with Gasteiger partial charge in [0.15, 0.2) is 24.5 Å². The van der Waals surface area contributed by atoms with E-state index in [1.165, 1.54) is 32.9 Å². The summed E-state index contributed by atoms with van der Waals surface area (Å²) in [6, 6.07) is 5.94. The molecule has 160 valence electrons. The van der Waals surface area contributed by atoms with Crippen molar-refractivity contribution < 1.29 is 38.3 Å². The average molecular weight is 420 g/mol. The average Bonchev–Trinajstić information content (AvgIpc) is 3.06. The molecule has 0 radical (unpaired) electrons. The first-order valence-electron chi connectivity index (χ1n) is 9.05. The maximum atomic E-state index is 11.8. The molecule has 1 aromatic carbocycles. The van der Waals surface area contributed by atoms with Gasteiger partial charge in [-0.25, -0.2) is 0 Å². The summed E-state index contributed by atoms with van der Waals surface area (Å²) in [7, 11) is 0. The van der Waals surface area contributed by atoms with E-state index >= 15 is 0 Å². The third-order valence-corrected chi connectivity index (χ3v) is 4.51. The van der Waals surface area contributed by atoms with Crippen LogP contribution in [-0.2, 0) is 33.3 Å². The van der Waals surface area contributed by atoms with E-state index in [1.807, 2.05) is 0 Å². The third kappa shape index (κ3) is 4.40. The molecule has 1 aliphatic heterocycles. The van der Waals surface area contributed by atoms with Crippen LogP contribution >= 0.6 is 0 Å². The highest BCUT2D eigenvalue weighted by Gasteiger charge is 2.47. The Labute approximate surface area is 170 Å². The number of carbonyl (C=O) groups is 3. The highest BCUT2D eigenvalue weighted by atomic mass is 16.6. The van der Waals surface area contributed by atoms with Crippen molar-refractivity contribution in [3.8, 4) is 0 Å². The summed E-state index contributed by atoms with van der Waals surface area (Å²) in [4.78, 5) is 45.4. The van der Waals surface area contributed by atoms with Crippen LogP contribution in [0.2, 0.25) is 0 Å². The summed E-state index contributed by atoms with van der Waals surface area (Å²) >= 11 is 0. The van der Waals surface area contributed by atoms with Gasteiger partial charge >= 0.3 is 17.9 Å². The SMILES string of the molecule is CC(=O)O[C@@H]1[C@@H](OC(C)=O)[C@H](n2ccc3cc([N+](=O)[O-])ccc32)OC[C@@H]1OC(C)=O. The van der Waals surface area contributed by atoms with Gasteiger partial charge in [-0.2, -0.15) is 0 Å². The van der Waals surface area contributed by atoms with Gasteiger partial charge in [0.25, 0.3) is 5.69 Å². The third-order valence-electron chi connectivity index (χ3n) is 4.51. The fourth-order valence-corrected chi connectivity index (χ4v) is 3.45. The topological polar surface area (TPSA) is 136 Å². The molecular weight excluding hydrogens is 400 g/mol. The molecule has 1 fully saturated rings. The second-order valence-electron chi connectivity index (χ2n) is 6.74. The van der Waals surface area contributed by atoms with E-state index in [9.17, 15) is 24.5 Å². The predicted molar refractivity (Wildman–Crippen MR) is 100 cm³/mol. The van der Waals surface area contributed by atoms with Crippen LogP contribution in [0.3, 0.4) is 0 Å². The van der Waals surface area contributed by atoms with Crippen LogP contribution in [0.5, 0.6) is 0 Å². The van der Waals surface area contributed by atoms with Crippen molar-refractivity contribution in [1.29, 1.82) is 0 Å². The summed E-state index contributed by atoms with van der Waals surface area (Å²) < 4.78 is 23.4. The molecular formula is C19H20N2O9. The van der Waals surface area contributed by atoms with Gasteiger partial charge in [0.2, 0.25) is 0 Å². The van der Waals surface area contributed by atoms with Crippen LogP contribution in [0.15, 0.2) is 30.5 Å². The first-order valence-corrected chi connectivity index (χ1v) is 9.05. The maximum absolute atomic E-state index is 11.8. The zero-order valence-corrected chi connectivity index (χ0v) is 16.5. The van der Waals surface area contributed by atoms with E-state index in [0.717, 1.165) is 0 Å². The fourth-order valence-electron chi connectivity index (χ4n) is 3.45. The molecule has 0 aliphatic carbocycles. The molecule has 0 saturated carbocycles. The lowest BCUT2D eigenvalue weighted by Gasteiger charge is -2.41. The molecule has 0 spiro atoms. The van der Waals surface area contributed by atoms with Gasteiger partial charge in [-0.05, 0) is 12.1 Å². The number of rotatable bonds is 5. The zero-order valence-electron chi connectivity index (χ0n) is 16.5. The molecule has 2 heterocycles. The molecule has 1 aliphatic rings. The number of non-ortho nitro benzene ring substituents is 1. The van der Waals surface area contributed by atoms with Crippen LogP contribution in [0.25, 0.3) is 10.9 Å². The fraction of sp³-hybridized carbons (Fsp3) is 0.421. The Morgan fingerprint density at radius 2 is 1.67 bits per heavy atom. The number of esters is 3. The monoisotopic (exact) mass is 420 g/mol. The van der Waals surface area contributed by atoms with Gasteiger partial charge in [0, 0.05) is 44.5 Å².